The maximum absolute atomic E-state index is 8.66. The molecular formula is C13H21NO2. The molecule has 0 saturated heterocycles. The van der Waals surface area contributed by atoms with E-state index in [2.05, 4.69) is 19.2 Å². The zero-order valence-electron chi connectivity index (χ0n) is 10.1. The lowest BCUT2D eigenvalue weighted by molar-refractivity contribution is 0.270. The summed E-state index contributed by atoms with van der Waals surface area (Å²) in [6.45, 7) is 6.56. The molecule has 0 atom stereocenters. The summed E-state index contributed by atoms with van der Waals surface area (Å²) < 4.78 is 5.64. The second kappa shape index (κ2) is 7.25. The Morgan fingerprint density at radius 1 is 1.38 bits per heavy atom. The molecular weight excluding hydrogens is 202 g/mol. The quantitative estimate of drug-likeness (QED) is 0.693. The Kier molecular flexibility index (Phi) is 5.90. The average molecular weight is 223 g/mol. The van der Waals surface area contributed by atoms with Gasteiger partial charge in [0.05, 0.1) is 13.2 Å². The molecule has 1 aromatic rings. The summed E-state index contributed by atoms with van der Waals surface area (Å²) >= 11 is 0. The number of nitrogens with one attached hydrogen (secondary N) is 1. The van der Waals surface area contributed by atoms with Crippen LogP contribution in [0.4, 0.5) is 0 Å². The van der Waals surface area contributed by atoms with Gasteiger partial charge in [0.2, 0.25) is 0 Å². The predicted octanol–water partition coefficient (Wildman–Crippen LogP) is 1.80. The molecule has 0 saturated carbocycles. The maximum atomic E-state index is 8.66. The lowest BCUT2D eigenvalue weighted by Gasteiger charge is -2.10. The number of ether oxygens (including phenoxy) is 1. The standard InChI is InChI=1S/C13H21NO2/c1-11(2)10-16-13-5-3-4-12(8-13)9-14-6-7-15/h3-5,8,11,14-15H,6-7,9-10H2,1-2H3. The van der Waals surface area contributed by atoms with E-state index in [0.717, 1.165) is 18.9 Å². The fourth-order valence-electron chi connectivity index (χ4n) is 1.32. The van der Waals surface area contributed by atoms with Crippen molar-refractivity contribution in [3.63, 3.8) is 0 Å². The predicted molar refractivity (Wildman–Crippen MR) is 65.6 cm³/mol. The van der Waals surface area contributed by atoms with Crippen LogP contribution in [0.2, 0.25) is 0 Å². The highest BCUT2D eigenvalue weighted by Crippen LogP contribution is 2.14. The highest BCUT2D eigenvalue weighted by Gasteiger charge is 1.98. The van der Waals surface area contributed by atoms with Crippen molar-refractivity contribution in [1.29, 1.82) is 0 Å². The van der Waals surface area contributed by atoms with Gasteiger partial charge in [-0.3, -0.25) is 0 Å². The minimum absolute atomic E-state index is 0.170. The van der Waals surface area contributed by atoms with E-state index in [4.69, 9.17) is 9.84 Å². The third-order valence-electron chi connectivity index (χ3n) is 2.10. The van der Waals surface area contributed by atoms with E-state index in [9.17, 15) is 0 Å². The van der Waals surface area contributed by atoms with Gasteiger partial charge in [-0.05, 0) is 23.6 Å². The molecule has 0 fully saturated rings. The first-order chi connectivity index (χ1) is 7.72. The molecule has 1 rings (SSSR count). The fraction of sp³-hybridized carbons (Fsp3) is 0.538. The van der Waals surface area contributed by atoms with Crippen LogP contribution >= 0.6 is 0 Å². The average Bonchev–Trinajstić information content (AvgIpc) is 2.27. The first-order valence-electron chi connectivity index (χ1n) is 5.75. The zero-order valence-corrected chi connectivity index (χ0v) is 10.1. The third-order valence-corrected chi connectivity index (χ3v) is 2.10. The Morgan fingerprint density at radius 2 is 2.19 bits per heavy atom. The molecule has 0 bridgehead atoms. The minimum atomic E-state index is 0.170. The van der Waals surface area contributed by atoms with E-state index in [0.29, 0.717) is 12.5 Å². The second-order valence-corrected chi connectivity index (χ2v) is 4.25. The number of benzene rings is 1. The SMILES string of the molecule is CC(C)COc1cccc(CNCCO)c1. The van der Waals surface area contributed by atoms with Crippen molar-refractivity contribution in [2.24, 2.45) is 5.92 Å². The van der Waals surface area contributed by atoms with E-state index < -0.39 is 0 Å². The molecule has 3 heteroatoms. The topological polar surface area (TPSA) is 41.5 Å². The summed E-state index contributed by atoms with van der Waals surface area (Å²) in [4.78, 5) is 0. The van der Waals surface area contributed by atoms with Crippen LogP contribution in [-0.2, 0) is 6.54 Å². The van der Waals surface area contributed by atoms with Crippen LogP contribution in [0.5, 0.6) is 5.75 Å². The van der Waals surface area contributed by atoms with Gasteiger partial charge >= 0.3 is 0 Å². The summed E-state index contributed by atoms with van der Waals surface area (Å²) in [5.41, 5.74) is 1.18. The van der Waals surface area contributed by atoms with Gasteiger partial charge in [-0.15, -0.1) is 0 Å². The molecule has 3 nitrogen and oxygen atoms in total. The summed E-state index contributed by atoms with van der Waals surface area (Å²) in [7, 11) is 0. The first-order valence-corrected chi connectivity index (χ1v) is 5.75. The Hall–Kier alpha value is -1.06. The monoisotopic (exact) mass is 223 g/mol. The van der Waals surface area contributed by atoms with Crippen LogP contribution in [0, 0.1) is 5.92 Å². The van der Waals surface area contributed by atoms with Gasteiger partial charge < -0.3 is 15.2 Å². The van der Waals surface area contributed by atoms with Crippen LogP contribution in [0.15, 0.2) is 24.3 Å². The summed E-state index contributed by atoms with van der Waals surface area (Å²) in [6.07, 6.45) is 0. The summed E-state index contributed by atoms with van der Waals surface area (Å²) in [5, 5.41) is 11.8. The lowest BCUT2D eigenvalue weighted by atomic mass is 10.2. The molecule has 0 radical (unpaired) electrons. The third kappa shape index (κ3) is 5.14. The first kappa shape index (κ1) is 13.0. The van der Waals surface area contributed by atoms with Crippen molar-refractivity contribution in [3.8, 4) is 5.75 Å². The van der Waals surface area contributed by atoms with Gasteiger partial charge in [0.25, 0.3) is 0 Å². The second-order valence-electron chi connectivity index (χ2n) is 4.25. The molecule has 0 aromatic heterocycles. The van der Waals surface area contributed by atoms with Crippen molar-refractivity contribution in [1.82, 2.24) is 5.32 Å². The van der Waals surface area contributed by atoms with E-state index in [1.807, 2.05) is 24.3 Å². The van der Waals surface area contributed by atoms with Crippen LogP contribution < -0.4 is 10.1 Å². The van der Waals surface area contributed by atoms with Gasteiger partial charge in [-0.1, -0.05) is 26.0 Å². The molecule has 1 aromatic carbocycles. The van der Waals surface area contributed by atoms with Crippen LogP contribution in [-0.4, -0.2) is 24.9 Å². The van der Waals surface area contributed by atoms with Crippen molar-refractivity contribution >= 4 is 0 Å². The van der Waals surface area contributed by atoms with Crippen molar-refractivity contribution in [2.75, 3.05) is 19.8 Å². The molecule has 0 aliphatic heterocycles. The van der Waals surface area contributed by atoms with Crippen LogP contribution in [0.1, 0.15) is 19.4 Å². The number of aliphatic hydroxyl groups excluding tert-OH is 1. The Labute approximate surface area is 97.4 Å². The Morgan fingerprint density at radius 3 is 2.88 bits per heavy atom. The number of hydrogen-bond acceptors (Lipinski definition) is 3. The van der Waals surface area contributed by atoms with Gasteiger partial charge in [0.1, 0.15) is 5.75 Å². The molecule has 2 N–H and O–H groups in total. The van der Waals surface area contributed by atoms with Gasteiger partial charge in [-0.25, -0.2) is 0 Å². The normalized spacial score (nSPS) is 10.8. The van der Waals surface area contributed by atoms with Crippen molar-refractivity contribution in [3.05, 3.63) is 29.8 Å². The van der Waals surface area contributed by atoms with Crippen molar-refractivity contribution in [2.45, 2.75) is 20.4 Å². The molecule has 90 valence electrons. The van der Waals surface area contributed by atoms with Gasteiger partial charge in [0, 0.05) is 13.1 Å². The summed E-state index contributed by atoms with van der Waals surface area (Å²) in [6, 6.07) is 8.04. The molecule has 0 aliphatic rings. The highest BCUT2D eigenvalue weighted by atomic mass is 16.5. The highest BCUT2D eigenvalue weighted by molar-refractivity contribution is 5.28. The minimum Gasteiger partial charge on any atom is -0.493 e. The Bertz CT molecular complexity index is 300. The molecule has 0 aliphatic carbocycles. The summed E-state index contributed by atoms with van der Waals surface area (Å²) in [5.74, 6) is 1.45. The molecule has 0 heterocycles. The molecule has 16 heavy (non-hydrogen) atoms. The van der Waals surface area contributed by atoms with Gasteiger partial charge in [-0.2, -0.15) is 0 Å². The molecule has 0 unspecified atom stereocenters. The van der Waals surface area contributed by atoms with E-state index in [1.54, 1.807) is 0 Å². The smallest absolute Gasteiger partial charge is 0.119 e. The number of rotatable bonds is 7. The van der Waals surface area contributed by atoms with Crippen LogP contribution in [0.25, 0.3) is 0 Å². The maximum Gasteiger partial charge on any atom is 0.119 e. The zero-order chi connectivity index (χ0) is 11.8. The number of aliphatic hydroxyl groups is 1. The largest absolute Gasteiger partial charge is 0.493 e. The fourth-order valence-corrected chi connectivity index (χ4v) is 1.32. The molecule has 0 spiro atoms. The van der Waals surface area contributed by atoms with Crippen molar-refractivity contribution < 1.29 is 9.84 Å². The van der Waals surface area contributed by atoms with E-state index in [-0.39, 0.29) is 6.61 Å². The van der Waals surface area contributed by atoms with Crippen LogP contribution in [0.3, 0.4) is 0 Å². The van der Waals surface area contributed by atoms with Gasteiger partial charge in [0.15, 0.2) is 0 Å². The van der Waals surface area contributed by atoms with E-state index >= 15 is 0 Å². The Balaban J connectivity index is 2.43. The number of hydrogen-bond donors (Lipinski definition) is 2. The molecule has 0 amide bonds. The lowest BCUT2D eigenvalue weighted by Crippen LogP contribution is -2.17. The van der Waals surface area contributed by atoms with E-state index in [1.165, 1.54) is 5.56 Å².